The summed E-state index contributed by atoms with van der Waals surface area (Å²) in [5, 5.41) is 2.36. The maximum atomic E-state index is 14.2. The van der Waals surface area contributed by atoms with Crippen molar-refractivity contribution in [2.45, 2.75) is 51.4 Å². The summed E-state index contributed by atoms with van der Waals surface area (Å²) in [4.78, 5) is 29.3. The summed E-state index contributed by atoms with van der Waals surface area (Å²) in [6.45, 7) is 3.85. The molecule has 1 aliphatic heterocycles. The highest BCUT2D eigenvalue weighted by Gasteiger charge is 2.39. The monoisotopic (exact) mass is 577 g/mol. The molecule has 0 bridgehead atoms. The van der Waals surface area contributed by atoms with Crippen LogP contribution in [0.1, 0.15) is 42.4 Å². The Morgan fingerprint density at radius 3 is 2.44 bits per heavy atom. The van der Waals surface area contributed by atoms with E-state index in [0.717, 1.165) is 17.2 Å². The van der Waals surface area contributed by atoms with E-state index < -0.39 is 64.3 Å². The molecule has 1 aromatic heterocycles. The molecule has 1 N–H and O–H groups in total. The van der Waals surface area contributed by atoms with Crippen LogP contribution in [0.25, 0.3) is 0 Å². The highest BCUT2D eigenvalue weighted by molar-refractivity contribution is 7.86. The molecule has 0 aliphatic carbocycles. The molecule has 15 heteroatoms. The van der Waals surface area contributed by atoms with Crippen LogP contribution in [0.3, 0.4) is 0 Å². The lowest BCUT2D eigenvalue weighted by Crippen LogP contribution is -2.32. The van der Waals surface area contributed by atoms with Crippen molar-refractivity contribution in [1.82, 2.24) is 15.2 Å². The third-order valence-electron chi connectivity index (χ3n) is 5.08. The summed E-state index contributed by atoms with van der Waals surface area (Å²) < 4.78 is 92.5. The normalized spacial score (nSPS) is 18.1. The fraction of sp³-hybridized carbons (Fsp3) is 0.458. The second-order valence-corrected chi connectivity index (χ2v) is 11.3. The highest BCUT2D eigenvalue weighted by atomic mass is 32.2. The number of halogens is 4. The summed E-state index contributed by atoms with van der Waals surface area (Å²) in [6, 6.07) is 7.30. The summed E-state index contributed by atoms with van der Waals surface area (Å²) >= 11 is 0. The van der Waals surface area contributed by atoms with Gasteiger partial charge in [-0.2, -0.15) is 21.6 Å². The zero-order valence-corrected chi connectivity index (χ0v) is 22.2. The van der Waals surface area contributed by atoms with E-state index in [2.05, 4.69) is 14.5 Å². The van der Waals surface area contributed by atoms with E-state index in [0.29, 0.717) is 0 Å². The topological polar surface area (TPSA) is 124 Å². The van der Waals surface area contributed by atoms with Crippen molar-refractivity contribution >= 4 is 22.1 Å². The number of pyridine rings is 1. The first-order valence-electron chi connectivity index (χ1n) is 11.5. The van der Waals surface area contributed by atoms with E-state index >= 15 is 0 Å². The number of nitrogens with zero attached hydrogens (tertiary/aromatic N) is 2. The molecule has 2 aromatic rings. The molecule has 0 radical (unpaired) electrons. The minimum absolute atomic E-state index is 0.0125. The molecular weight excluding hydrogens is 550 g/mol. The van der Waals surface area contributed by atoms with Gasteiger partial charge in [-0.1, -0.05) is 6.07 Å². The Bertz CT molecular complexity index is 1330. The molecule has 1 aliphatic rings. The van der Waals surface area contributed by atoms with Gasteiger partial charge in [-0.3, -0.25) is 8.98 Å². The zero-order valence-electron chi connectivity index (χ0n) is 21.4. The van der Waals surface area contributed by atoms with Crippen molar-refractivity contribution in [2.75, 3.05) is 19.3 Å². The first kappa shape index (κ1) is 30.1. The molecule has 0 spiro atoms. The Hall–Kier alpha value is -3.46. The van der Waals surface area contributed by atoms with Crippen molar-refractivity contribution in [3.63, 3.8) is 0 Å². The number of amides is 2. The van der Waals surface area contributed by atoms with Crippen molar-refractivity contribution in [3.8, 4) is 11.6 Å². The van der Waals surface area contributed by atoms with Gasteiger partial charge >= 0.3 is 12.3 Å². The summed E-state index contributed by atoms with van der Waals surface area (Å²) in [6.07, 6.45) is -7.97. The largest absolute Gasteiger partial charge is 0.444 e. The molecule has 214 valence electrons. The number of nitrogens with one attached hydrogen (secondary N) is 1. The first-order chi connectivity index (χ1) is 17.9. The van der Waals surface area contributed by atoms with Crippen LogP contribution < -0.4 is 10.1 Å². The van der Waals surface area contributed by atoms with Gasteiger partial charge in [0.25, 0.3) is 16.0 Å². The number of ether oxygens (including phenoxy) is 2. The lowest BCUT2D eigenvalue weighted by molar-refractivity contribution is -0.141. The molecule has 1 saturated heterocycles. The molecule has 3 rings (SSSR count). The minimum atomic E-state index is -4.82. The minimum Gasteiger partial charge on any atom is -0.444 e. The van der Waals surface area contributed by atoms with Gasteiger partial charge in [-0.15, -0.1) is 0 Å². The lowest BCUT2D eigenvalue weighted by atomic mass is 10.2. The Morgan fingerprint density at radius 2 is 1.82 bits per heavy atom. The fourth-order valence-corrected chi connectivity index (χ4v) is 4.19. The van der Waals surface area contributed by atoms with Gasteiger partial charge in [0, 0.05) is 18.2 Å². The van der Waals surface area contributed by atoms with Crippen LogP contribution in [0.5, 0.6) is 11.6 Å². The van der Waals surface area contributed by atoms with Gasteiger partial charge in [0.2, 0.25) is 5.88 Å². The van der Waals surface area contributed by atoms with Crippen LogP contribution in [0.15, 0.2) is 36.4 Å². The molecule has 2 heterocycles. The number of hydrogen-bond donors (Lipinski definition) is 1. The number of carbonyl (C=O) groups is 2. The van der Waals surface area contributed by atoms with E-state index in [9.17, 15) is 35.6 Å². The second kappa shape index (κ2) is 11.3. The fourth-order valence-electron chi connectivity index (χ4n) is 3.56. The molecule has 2 amide bonds. The maximum absolute atomic E-state index is 14.2. The number of benzene rings is 1. The third kappa shape index (κ3) is 9.06. The van der Waals surface area contributed by atoms with E-state index in [-0.39, 0.29) is 30.0 Å². The van der Waals surface area contributed by atoms with Crippen LogP contribution in [0, 0.1) is 0 Å². The van der Waals surface area contributed by atoms with Gasteiger partial charge in [-0.25, -0.2) is 14.2 Å². The van der Waals surface area contributed by atoms with Gasteiger partial charge in [0.1, 0.15) is 29.3 Å². The third-order valence-corrected chi connectivity index (χ3v) is 5.67. The van der Waals surface area contributed by atoms with Crippen LogP contribution in [0.4, 0.5) is 22.4 Å². The standard InChI is InChI=1S/C24H27F4N3O7S/c1-23(2,3)37-22(33)29-11-14-8-19(24(26,27)28)30-20(9-14)36-16-7-5-6-15(10-16)21(32)31-12-17(25)18(13-31)38-39(4,34)35/h5-10,17-18H,11-13H2,1-4H3,(H,29,33)/t17-,18-/m1/s1. The number of alkyl halides is 4. The molecule has 39 heavy (non-hydrogen) atoms. The molecule has 2 atom stereocenters. The number of likely N-dealkylation sites (tertiary alicyclic amines) is 1. The summed E-state index contributed by atoms with van der Waals surface area (Å²) in [5.74, 6) is -1.16. The number of hydrogen-bond acceptors (Lipinski definition) is 8. The summed E-state index contributed by atoms with van der Waals surface area (Å²) in [7, 11) is -3.95. The number of carbonyl (C=O) groups excluding carboxylic acids is 2. The molecule has 0 saturated carbocycles. The van der Waals surface area contributed by atoms with E-state index in [1.165, 1.54) is 30.3 Å². The van der Waals surface area contributed by atoms with Crippen molar-refractivity contribution < 1.29 is 49.2 Å². The van der Waals surface area contributed by atoms with Crippen LogP contribution in [-0.4, -0.2) is 67.5 Å². The SMILES string of the molecule is CC(C)(C)OC(=O)NCc1cc(Oc2cccc(C(=O)N3C[C@@H](F)[C@H](OS(C)(=O)=O)C3)c2)nc(C(F)(F)F)c1. The molecule has 0 unspecified atom stereocenters. The van der Waals surface area contributed by atoms with Crippen molar-refractivity contribution in [2.24, 2.45) is 0 Å². The predicted molar refractivity (Wildman–Crippen MR) is 129 cm³/mol. The molecule has 1 fully saturated rings. The smallest absolute Gasteiger partial charge is 0.433 e. The van der Waals surface area contributed by atoms with Gasteiger partial charge in [0.15, 0.2) is 0 Å². The number of rotatable bonds is 7. The van der Waals surface area contributed by atoms with E-state index in [4.69, 9.17) is 9.47 Å². The Labute approximate surface area is 222 Å². The Balaban J connectivity index is 1.77. The maximum Gasteiger partial charge on any atom is 0.433 e. The predicted octanol–water partition coefficient (Wildman–Crippen LogP) is 4.06. The van der Waals surface area contributed by atoms with Crippen LogP contribution >= 0.6 is 0 Å². The van der Waals surface area contributed by atoms with Crippen LogP contribution in [0.2, 0.25) is 0 Å². The lowest BCUT2D eigenvalue weighted by Gasteiger charge is -2.20. The Kier molecular flexibility index (Phi) is 8.75. The number of alkyl carbamates (subject to hydrolysis) is 1. The van der Waals surface area contributed by atoms with Gasteiger partial charge in [0.05, 0.1) is 19.3 Å². The van der Waals surface area contributed by atoms with Gasteiger partial charge in [-0.05, 0) is 50.6 Å². The molecule has 1 aromatic carbocycles. The summed E-state index contributed by atoms with van der Waals surface area (Å²) in [5.41, 5.74) is -2.04. The quantitative estimate of drug-likeness (QED) is 0.386. The Morgan fingerprint density at radius 1 is 1.13 bits per heavy atom. The second-order valence-electron chi connectivity index (χ2n) is 9.75. The van der Waals surface area contributed by atoms with Crippen molar-refractivity contribution in [3.05, 3.63) is 53.2 Å². The average Bonchev–Trinajstić information content (AvgIpc) is 3.14. The number of aromatic nitrogens is 1. The van der Waals surface area contributed by atoms with Crippen molar-refractivity contribution in [1.29, 1.82) is 0 Å². The molecule has 10 nitrogen and oxygen atoms in total. The first-order valence-corrected chi connectivity index (χ1v) is 13.4. The van der Waals surface area contributed by atoms with E-state index in [1.54, 1.807) is 20.8 Å². The van der Waals surface area contributed by atoms with Crippen LogP contribution in [-0.2, 0) is 31.8 Å². The molecular formula is C24H27F4N3O7S. The van der Waals surface area contributed by atoms with Gasteiger partial charge < -0.3 is 19.7 Å². The van der Waals surface area contributed by atoms with E-state index in [1.807, 2.05) is 0 Å². The average molecular weight is 578 g/mol. The zero-order chi connectivity index (χ0) is 29.2. The highest BCUT2D eigenvalue weighted by Crippen LogP contribution is 2.32.